The van der Waals surface area contributed by atoms with Gasteiger partial charge in [-0.25, -0.2) is 0 Å². The van der Waals surface area contributed by atoms with E-state index in [1.165, 1.54) is 16.1 Å². The average Bonchev–Trinajstić information content (AvgIpc) is 2.86. The molecule has 3 nitrogen and oxygen atoms in total. The number of benzene rings is 1. The Kier molecular flexibility index (Phi) is 4.21. The van der Waals surface area contributed by atoms with Crippen molar-refractivity contribution in [1.29, 1.82) is 0 Å². The van der Waals surface area contributed by atoms with Gasteiger partial charge in [-0.05, 0) is 44.0 Å². The number of carbonyl (C=O) groups is 1. The summed E-state index contributed by atoms with van der Waals surface area (Å²) in [5.41, 5.74) is 4.55. The van der Waals surface area contributed by atoms with Crippen LogP contribution >= 0.6 is 11.3 Å². The summed E-state index contributed by atoms with van der Waals surface area (Å²) in [6, 6.07) is 8.57. The maximum atomic E-state index is 12.6. The molecule has 1 aliphatic heterocycles. The van der Waals surface area contributed by atoms with Gasteiger partial charge in [-0.3, -0.25) is 4.79 Å². The van der Waals surface area contributed by atoms with Crippen molar-refractivity contribution in [3.8, 4) is 0 Å². The number of hydrogen-bond donors (Lipinski definition) is 0. The van der Waals surface area contributed by atoms with E-state index < -0.39 is 0 Å². The highest BCUT2D eigenvalue weighted by atomic mass is 32.1. The third-order valence-electron chi connectivity index (χ3n) is 4.45. The fraction of sp³-hybridized carbons (Fsp3) is 0.389. The van der Waals surface area contributed by atoms with Crippen LogP contribution in [0.5, 0.6) is 0 Å². The summed E-state index contributed by atoms with van der Waals surface area (Å²) < 4.78 is 0. The lowest BCUT2D eigenvalue weighted by molar-refractivity contribution is 0.0746. The summed E-state index contributed by atoms with van der Waals surface area (Å²) in [4.78, 5) is 18.2. The molecule has 1 aromatic carbocycles. The number of hydrogen-bond acceptors (Lipinski definition) is 3. The molecule has 0 atom stereocenters. The van der Waals surface area contributed by atoms with Crippen LogP contribution in [-0.2, 0) is 0 Å². The van der Waals surface area contributed by atoms with Crippen LogP contribution in [0.1, 0.15) is 26.4 Å². The number of anilines is 1. The highest BCUT2D eigenvalue weighted by Gasteiger charge is 2.24. The molecule has 0 unspecified atom stereocenters. The van der Waals surface area contributed by atoms with Gasteiger partial charge in [0, 0.05) is 42.1 Å². The van der Waals surface area contributed by atoms with E-state index in [-0.39, 0.29) is 5.91 Å². The Bertz CT molecular complexity index is 684. The van der Waals surface area contributed by atoms with Crippen molar-refractivity contribution < 1.29 is 4.79 Å². The van der Waals surface area contributed by atoms with Crippen LogP contribution in [0.3, 0.4) is 0 Å². The van der Waals surface area contributed by atoms with E-state index in [0.717, 1.165) is 37.3 Å². The summed E-state index contributed by atoms with van der Waals surface area (Å²) in [6.45, 7) is 9.62. The summed E-state index contributed by atoms with van der Waals surface area (Å²) in [5, 5.41) is 2.00. The zero-order valence-corrected chi connectivity index (χ0v) is 14.2. The molecule has 1 aromatic heterocycles. The molecule has 3 rings (SSSR count). The summed E-state index contributed by atoms with van der Waals surface area (Å²) in [5.74, 6) is 0.186. The second kappa shape index (κ2) is 6.13. The first kappa shape index (κ1) is 15.1. The van der Waals surface area contributed by atoms with Crippen LogP contribution in [0.15, 0.2) is 29.6 Å². The van der Waals surface area contributed by atoms with Crippen molar-refractivity contribution in [1.82, 2.24) is 4.90 Å². The van der Waals surface area contributed by atoms with Gasteiger partial charge < -0.3 is 9.80 Å². The van der Waals surface area contributed by atoms with Crippen molar-refractivity contribution in [3.05, 3.63) is 51.2 Å². The minimum absolute atomic E-state index is 0.186. The molecule has 2 heterocycles. The topological polar surface area (TPSA) is 23.6 Å². The van der Waals surface area contributed by atoms with E-state index in [1.807, 2.05) is 17.2 Å². The Hall–Kier alpha value is -1.81. The van der Waals surface area contributed by atoms with Crippen LogP contribution in [0, 0.1) is 20.8 Å². The number of thiophene rings is 1. The second-order valence-corrected chi connectivity index (χ2v) is 7.03. The standard InChI is InChI=1S/C18H22N2OS/c1-13-5-4-6-16(11-13)19-7-9-20(10-8-19)18(21)17-12-22-15(3)14(17)2/h4-6,11-12H,7-10H2,1-3H3. The molecule has 0 saturated carbocycles. The predicted molar refractivity (Wildman–Crippen MR) is 93.1 cm³/mol. The summed E-state index contributed by atoms with van der Waals surface area (Å²) in [7, 11) is 0. The average molecular weight is 314 g/mol. The van der Waals surface area contributed by atoms with Crippen LogP contribution in [-0.4, -0.2) is 37.0 Å². The van der Waals surface area contributed by atoms with Gasteiger partial charge >= 0.3 is 0 Å². The van der Waals surface area contributed by atoms with Gasteiger partial charge in [-0.2, -0.15) is 0 Å². The van der Waals surface area contributed by atoms with Crippen molar-refractivity contribution in [3.63, 3.8) is 0 Å². The molecule has 22 heavy (non-hydrogen) atoms. The highest BCUT2D eigenvalue weighted by Crippen LogP contribution is 2.23. The van der Waals surface area contributed by atoms with Crippen molar-refractivity contribution in [2.45, 2.75) is 20.8 Å². The number of rotatable bonds is 2. The van der Waals surface area contributed by atoms with Crippen LogP contribution < -0.4 is 4.90 Å². The van der Waals surface area contributed by atoms with E-state index in [2.05, 4.69) is 43.0 Å². The Morgan fingerprint density at radius 1 is 1.09 bits per heavy atom. The fourth-order valence-corrected chi connectivity index (χ4v) is 3.75. The first-order valence-electron chi connectivity index (χ1n) is 7.72. The fourth-order valence-electron chi connectivity index (χ4n) is 2.89. The molecular formula is C18H22N2OS. The Balaban J connectivity index is 1.67. The van der Waals surface area contributed by atoms with Crippen LogP contribution in [0.4, 0.5) is 5.69 Å². The number of nitrogens with zero attached hydrogens (tertiary/aromatic N) is 2. The lowest BCUT2D eigenvalue weighted by Gasteiger charge is -2.36. The number of aryl methyl sites for hydroxylation is 2. The maximum absolute atomic E-state index is 12.6. The molecule has 1 aliphatic rings. The van der Waals surface area contributed by atoms with Crippen molar-refractivity contribution >= 4 is 22.9 Å². The van der Waals surface area contributed by atoms with Crippen LogP contribution in [0.2, 0.25) is 0 Å². The largest absolute Gasteiger partial charge is 0.368 e. The smallest absolute Gasteiger partial charge is 0.255 e. The molecular weight excluding hydrogens is 292 g/mol. The first-order valence-corrected chi connectivity index (χ1v) is 8.60. The lowest BCUT2D eigenvalue weighted by Crippen LogP contribution is -2.48. The first-order chi connectivity index (χ1) is 10.6. The molecule has 116 valence electrons. The SMILES string of the molecule is Cc1cccc(N2CCN(C(=O)c3csc(C)c3C)CC2)c1. The Morgan fingerprint density at radius 2 is 1.82 bits per heavy atom. The highest BCUT2D eigenvalue weighted by molar-refractivity contribution is 7.10. The molecule has 1 fully saturated rings. The van der Waals surface area contributed by atoms with Gasteiger partial charge in [0.15, 0.2) is 0 Å². The summed E-state index contributed by atoms with van der Waals surface area (Å²) in [6.07, 6.45) is 0. The number of amides is 1. The van der Waals surface area contributed by atoms with E-state index in [0.29, 0.717) is 0 Å². The third kappa shape index (κ3) is 2.88. The predicted octanol–water partition coefficient (Wildman–Crippen LogP) is 3.64. The zero-order chi connectivity index (χ0) is 15.7. The molecule has 0 aliphatic carbocycles. The minimum atomic E-state index is 0.186. The molecule has 0 radical (unpaired) electrons. The van der Waals surface area contributed by atoms with Gasteiger partial charge in [0.25, 0.3) is 5.91 Å². The number of carbonyl (C=O) groups excluding carboxylic acids is 1. The van der Waals surface area contributed by atoms with E-state index in [1.54, 1.807) is 11.3 Å². The molecule has 0 bridgehead atoms. The molecule has 0 spiro atoms. The van der Waals surface area contributed by atoms with Crippen LogP contribution in [0.25, 0.3) is 0 Å². The van der Waals surface area contributed by atoms with Crippen molar-refractivity contribution in [2.24, 2.45) is 0 Å². The lowest BCUT2D eigenvalue weighted by atomic mass is 10.1. The number of piperazine rings is 1. The van der Waals surface area contributed by atoms with Gasteiger partial charge in [0.1, 0.15) is 0 Å². The monoisotopic (exact) mass is 314 g/mol. The van der Waals surface area contributed by atoms with Gasteiger partial charge in [0.05, 0.1) is 5.56 Å². The van der Waals surface area contributed by atoms with E-state index >= 15 is 0 Å². The van der Waals surface area contributed by atoms with Gasteiger partial charge in [-0.1, -0.05) is 12.1 Å². The van der Waals surface area contributed by atoms with Gasteiger partial charge in [-0.15, -0.1) is 11.3 Å². The van der Waals surface area contributed by atoms with Crippen molar-refractivity contribution in [2.75, 3.05) is 31.1 Å². The zero-order valence-electron chi connectivity index (χ0n) is 13.4. The van der Waals surface area contributed by atoms with E-state index in [9.17, 15) is 4.79 Å². The molecule has 1 saturated heterocycles. The molecule has 2 aromatic rings. The Labute approximate surface area is 136 Å². The molecule has 0 N–H and O–H groups in total. The quantitative estimate of drug-likeness (QED) is 0.845. The maximum Gasteiger partial charge on any atom is 0.255 e. The Morgan fingerprint density at radius 3 is 2.41 bits per heavy atom. The minimum Gasteiger partial charge on any atom is -0.368 e. The van der Waals surface area contributed by atoms with Gasteiger partial charge in [0.2, 0.25) is 0 Å². The third-order valence-corrected chi connectivity index (χ3v) is 5.46. The second-order valence-electron chi connectivity index (χ2n) is 5.95. The van der Waals surface area contributed by atoms with E-state index in [4.69, 9.17) is 0 Å². The summed E-state index contributed by atoms with van der Waals surface area (Å²) >= 11 is 1.66. The normalized spacial score (nSPS) is 15.2. The molecule has 4 heteroatoms. The molecule has 1 amide bonds.